The molecule has 0 bridgehead atoms. The maximum atomic E-state index is 13.6. The van der Waals surface area contributed by atoms with Crippen molar-refractivity contribution in [2.45, 2.75) is 26.4 Å². The van der Waals surface area contributed by atoms with Crippen LogP contribution < -0.4 is 10.6 Å². The normalized spacial score (nSPS) is 12.8. The Morgan fingerprint density at radius 1 is 1.23 bits per heavy atom. The van der Waals surface area contributed by atoms with Gasteiger partial charge >= 0.3 is 0 Å². The van der Waals surface area contributed by atoms with Crippen LogP contribution in [0.3, 0.4) is 0 Å². The summed E-state index contributed by atoms with van der Waals surface area (Å²) < 4.78 is 13.6. The first-order chi connectivity index (χ1) is 10.7. The van der Waals surface area contributed by atoms with Crippen molar-refractivity contribution in [3.63, 3.8) is 0 Å². The van der Waals surface area contributed by atoms with E-state index >= 15 is 0 Å². The molecule has 0 aliphatic carbocycles. The van der Waals surface area contributed by atoms with Crippen LogP contribution in [0.25, 0.3) is 0 Å². The molecule has 0 aliphatic heterocycles. The van der Waals surface area contributed by atoms with Crippen molar-refractivity contribution in [2.75, 3.05) is 6.54 Å². The van der Waals surface area contributed by atoms with Crippen LogP contribution in [0.15, 0.2) is 53.7 Å². The van der Waals surface area contributed by atoms with Gasteiger partial charge in [-0.3, -0.25) is 4.98 Å². The van der Waals surface area contributed by atoms with Gasteiger partial charge < -0.3 is 10.6 Å². The van der Waals surface area contributed by atoms with Crippen LogP contribution in [-0.4, -0.2) is 17.5 Å². The second-order valence-electron chi connectivity index (χ2n) is 4.90. The molecule has 0 spiro atoms. The number of nitrogens with one attached hydrogen (secondary N) is 2. The van der Waals surface area contributed by atoms with Crippen LogP contribution in [0.4, 0.5) is 4.39 Å². The van der Waals surface area contributed by atoms with Gasteiger partial charge in [0.25, 0.3) is 0 Å². The largest absolute Gasteiger partial charge is 0.357 e. The molecule has 116 valence electrons. The summed E-state index contributed by atoms with van der Waals surface area (Å²) in [5.74, 6) is 0.308. The first-order valence-electron chi connectivity index (χ1n) is 7.40. The Morgan fingerprint density at radius 3 is 2.68 bits per heavy atom. The van der Waals surface area contributed by atoms with Crippen LogP contribution in [0.5, 0.6) is 0 Å². The fraction of sp³-hybridized carbons (Fsp3) is 0.294. The van der Waals surface area contributed by atoms with E-state index in [-0.39, 0.29) is 18.4 Å². The number of hydrogen-bond donors (Lipinski definition) is 2. The van der Waals surface area contributed by atoms with Crippen LogP contribution in [-0.2, 0) is 6.54 Å². The predicted molar refractivity (Wildman–Crippen MR) is 87.0 cm³/mol. The fourth-order valence-corrected chi connectivity index (χ4v) is 2.04. The quantitative estimate of drug-likeness (QED) is 0.659. The van der Waals surface area contributed by atoms with E-state index in [1.807, 2.05) is 25.1 Å². The minimum atomic E-state index is -0.335. The summed E-state index contributed by atoms with van der Waals surface area (Å²) in [5.41, 5.74) is 1.50. The molecule has 5 heteroatoms. The zero-order valence-corrected chi connectivity index (χ0v) is 12.9. The molecule has 1 heterocycles. The standard InChI is InChI=1S/C17H21FN4/c1-3-19-17(21-12-16-15(18)10-7-11-20-16)22-13(2)14-8-5-4-6-9-14/h4-11,13H,3,12H2,1-2H3,(H2,19,21,22). The monoisotopic (exact) mass is 300 g/mol. The van der Waals surface area contributed by atoms with Crippen molar-refractivity contribution in [2.24, 2.45) is 4.99 Å². The lowest BCUT2D eigenvalue weighted by Gasteiger charge is -2.18. The van der Waals surface area contributed by atoms with Crippen molar-refractivity contribution >= 4 is 5.96 Å². The third-order valence-electron chi connectivity index (χ3n) is 3.22. The van der Waals surface area contributed by atoms with Crippen LogP contribution in [0.2, 0.25) is 0 Å². The molecule has 2 N–H and O–H groups in total. The Morgan fingerprint density at radius 2 is 2.00 bits per heavy atom. The SMILES string of the molecule is CCNC(=NCc1ncccc1F)NC(C)c1ccccc1. The van der Waals surface area contributed by atoms with Gasteiger partial charge in [-0.05, 0) is 31.5 Å². The van der Waals surface area contributed by atoms with E-state index in [1.165, 1.54) is 6.07 Å². The Balaban J connectivity index is 2.06. The van der Waals surface area contributed by atoms with Gasteiger partial charge in [-0.15, -0.1) is 0 Å². The lowest BCUT2D eigenvalue weighted by atomic mass is 10.1. The van der Waals surface area contributed by atoms with Crippen LogP contribution >= 0.6 is 0 Å². The van der Waals surface area contributed by atoms with E-state index in [2.05, 4.69) is 39.7 Å². The van der Waals surface area contributed by atoms with Gasteiger partial charge in [0.2, 0.25) is 0 Å². The van der Waals surface area contributed by atoms with E-state index in [0.29, 0.717) is 11.7 Å². The Labute approximate surface area is 130 Å². The molecule has 0 amide bonds. The summed E-state index contributed by atoms with van der Waals surface area (Å²) in [5, 5.41) is 6.47. The van der Waals surface area contributed by atoms with Crippen molar-refractivity contribution in [1.29, 1.82) is 0 Å². The Hall–Kier alpha value is -2.43. The fourth-order valence-electron chi connectivity index (χ4n) is 2.04. The number of pyridine rings is 1. The topological polar surface area (TPSA) is 49.3 Å². The van der Waals surface area contributed by atoms with Crippen molar-refractivity contribution in [3.05, 3.63) is 65.7 Å². The molecule has 22 heavy (non-hydrogen) atoms. The summed E-state index contributed by atoms with van der Waals surface area (Å²) in [4.78, 5) is 8.41. The number of aliphatic imine (C=N–C) groups is 1. The first kappa shape index (κ1) is 15.9. The predicted octanol–water partition coefficient (Wildman–Crippen LogP) is 3.04. The average molecular weight is 300 g/mol. The number of guanidine groups is 1. The number of nitrogens with zero attached hydrogens (tertiary/aromatic N) is 2. The molecular formula is C17H21FN4. The van der Waals surface area contributed by atoms with E-state index < -0.39 is 0 Å². The number of halogens is 1. The van der Waals surface area contributed by atoms with Gasteiger partial charge in [0, 0.05) is 12.7 Å². The van der Waals surface area contributed by atoms with E-state index in [1.54, 1.807) is 12.3 Å². The smallest absolute Gasteiger partial charge is 0.192 e. The van der Waals surface area contributed by atoms with Crippen LogP contribution in [0.1, 0.15) is 31.1 Å². The van der Waals surface area contributed by atoms with Crippen molar-refractivity contribution < 1.29 is 4.39 Å². The molecule has 2 aromatic rings. The lowest BCUT2D eigenvalue weighted by Crippen LogP contribution is -2.38. The Kier molecular flexibility index (Phi) is 5.89. The molecule has 2 rings (SSSR count). The third kappa shape index (κ3) is 4.55. The summed E-state index contributed by atoms with van der Waals surface area (Å²) >= 11 is 0. The van der Waals surface area contributed by atoms with Gasteiger partial charge in [0.05, 0.1) is 18.3 Å². The minimum absolute atomic E-state index is 0.104. The molecule has 0 aliphatic rings. The lowest BCUT2D eigenvalue weighted by molar-refractivity contribution is 0.598. The zero-order valence-electron chi connectivity index (χ0n) is 12.9. The summed E-state index contributed by atoms with van der Waals surface area (Å²) in [6.45, 7) is 4.98. The van der Waals surface area contributed by atoms with E-state index in [4.69, 9.17) is 0 Å². The molecule has 0 saturated carbocycles. The molecule has 1 atom stereocenters. The summed E-state index contributed by atoms with van der Waals surface area (Å²) in [7, 11) is 0. The van der Waals surface area contributed by atoms with Crippen LogP contribution in [0, 0.1) is 5.82 Å². The molecular weight excluding hydrogens is 279 g/mol. The van der Waals surface area contributed by atoms with Gasteiger partial charge in [-0.2, -0.15) is 0 Å². The third-order valence-corrected chi connectivity index (χ3v) is 3.22. The van der Waals surface area contributed by atoms with Gasteiger partial charge in [0.1, 0.15) is 5.82 Å². The van der Waals surface area contributed by atoms with Gasteiger partial charge in [-0.25, -0.2) is 9.38 Å². The minimum Gasteiger partial charge on any atom is -0.357 e. The molecule has 1 aromatic carbocycles. The number of benzene rings is 1. The van der Waals surface area contributed by atoms with E-state index in [0.717, 1.165) is 12.1 Å². The highest BCUT2D eigenvalue weighted by atomic mass is 19.1. The Bertz CT molecular complexity index is 613. The van der Waals surface area contributed by atoms with Gasteiger partial charge in [-0.1, -0.05) is 30.3 Å². The first-order valence-corrected chi connectivity index (χ1v) is 7.40. The zero-order chi connectivity index (χ0) is 15.8. The van der Waals surface area contributed by atoms with Crippen molar-refractivity contribution in [3.8, 4) is 0 Å². The molecule has 0 radical (unpaired) electrons. The van der Waals surface area contributed by atoms with Gasteiger partial charge in [0.15, 0.2) is 5.96 Å². The number of hydrogen-bond acceptors (Lipinski definition) is 2. The molecule has 4 nitrogen and oxygen atoms in total. The average Bonchev–Trinajstić information content (AvgIpc) is 2.55. The highest BCUT2D eigenvalue weighted by molar-refractivity contribution is 5.80. The second kappa shape index (κ2) is 8.12. The summed E-state index contributed by atoms with van der Waals surface area (Å²) in [6, 6.07) is 13.2. The number of rotatable bonds is 5. The maximum absolute atomic E-state index is 13.6. The second-order valence-corrected chi connectivity index (χ2v) is 4.90. The molecule has 0 fully saturated rings. The maximum Gasteiger partial charge on any atom is 0.192 e. The van der Waals surface area contributed by atoms with Crippen molar-refractivity contribution in [1.82, 2.24) is 15.6 Å². The van der Waals surface area contributed by atoms with E-state index in [9.17, 15) is 4.39 Å². The highest BCUT2D eigenvalue weighted by Crippen LogP contribution is 2.11. The molecule has 1 aromatic heterocycles. The summed E-state index contributed by atoms with van der Waals surface area (Å²) in [6.07, 6.45) is 1.57. The number of aromatic nitrogens is 1. The molecule has 1 unspecified atom stereocenters. The molecule has 0 saturated heterocycles. The highest BCUT2D eigenvalue weighted by Gasteiger charge is 2.08.